The van der Waals surface area contributed by atoms with E-state index in [4.69, 9.17) is 4.74 Å². The molecule has 1 N–H and O–H groups in total. The Balaban J connectivity index is 1.66. The molecule has 0 saturated heterocycles. The Bertz CT molecular complexity index is 773. The minimum atomic E-state index is -0.293. The minimum absolute atomic E-state index is 0.0124. The fourth-order valence-corrected chi connectivity index (χ4v) is 4.10. The lowest BCUT2D eigenvalue weighted by atomic mass is 9.89. The van der Waals surface area contributed by atoms with E-state index >= 15 is 0 Å². The van der Waals surface area contributed by atoms with Crippen molar-refractivity contribution in [3.05, 3.63) is 65.2 Å². The second-order valence-corrected chi connectivity index (χ2v) is 8.94. The maximum atomic E-state index is 12.7. The first-order valence-electron chi connectivity index (χ1n) is 9.09. The van der Waals surface area contributed by atoms with E-state index in [-0.39, 0.29) is 22.8 Å². The topological polar surface area (TPSA) is 38.3 Å². The van der Waals surface area contributed by atoms with Gasteiger partial charge < -0.3 is 10.1 Å². The number of amides is 1. The van der Waals surface area contributed by atoms with Gasteiger partial charge in [0.15, 0.2) is 0 Å². The van der Waals surface area contributed by atoms with Crippen LogP contribution in [-0.2, 0) is 10.5 Å². The van der Waals surface area contributed by atoms with E-state index in [1.165, 1.54) is 11.1 Å². The van der Waals surface area contributed by atoms with E-state index in [0.29, 0.717) is 0 Å². The maximum Gasteiger partial charge on any atom is 0.233 e. The number of thioether (sulfide) groups is 1. The molecule has 0 saturated carbocycles. The molecule has 0 aromatic heterocycles. The van der Waals surface area contributed by atoms with Crippen LogP contribution in [0.4, 0.5) is 0 Å². The zero-order valence-electron chi connectivity index (χ0n) is 15.9. The number of benzene rings is 2. The Kier molecular flexibility index (Phi) is 5.61. The number of nitrogens with one attached hydrogen (secondary N) is 1. The summed E-state index contributed by atoms with van der Waals surface area (Å²) in [6, 6.07) is 16.5. The quantitative estimate of drug-likeness (QED) is 0.803. The summed E-state index contributed by atoms with van der Waals surface area (Å²) in [5.41, 5.74) is 3.19. The molecule has 138 valence electrons. The molecule has 0 fully saturated rings. The molecule has 0 radical (unpaired) electrons. The monoisotopic (exact) mass is 369 g/mol. The summed E-state index contributed by atoms with van der Waals surface area (Å²) in [5.74, 6) is 1.81. The van der Waals surface area contributed by atoms with Crippen molar-refractivity contribution >= 4 is 17.7 Å². The van der Waals surface area contributed by atoms with E-state index in [1.54, 1.807) is 11.8 Å². The van der Waals surface area contributed by atoms with Gasteiger partial charge in [-0.25, -0.2) is 0 Å². The summed E-state index contributed by atoms with van der Waals surface area (Å²) < 4.78 is 6.12. The zero-order valence-corrected chi connectivity index (χ0v) is 16.7. The first-order chi connectivity index (χ1) is 12.3. The summed E-state index contributed by atoms with van der Waals surface area (Å²) in [6.07, 6.45) is 0.769. The number of aryl methyl sites for hydroxylation is 1. The number of carbonyl (C=O) groups is 1. The van der Waals surface area contributed by atoms with Crippen molar-refractivity contribution in [3.8, 4) is 5.75 Å². The van der Waals surface area contributed by atoms with Gasteiger partial charge in [0.2, 0.25) is 5.91 Å². The van der Waals surface area contributed by atoms with Crippen LogP contribution in [-0.4, -0.2) is 16.8 Å². The molecule has 26 heavy (non-hydrogen) atoms. The molecule has 2 aromatic carbocycles. The Morgan fingerprint density at radius 1 is 1.27 bits per heavy atom. The molecule has 1 aliphatic rings. The minimum Gasteiger partial charge on any atom is -0.487 e. The van der Waals surface area contributed by atoms with E-state index in [1.807, 2.05) is 25.1 Å². The van der Waals surface area contributed by atoms with Crippen LogP contribution < -0.4 is 10.1 Å². The molecule has 0 aliphatic carbocycles. The number of ether oxygens (including phenoxy) is 1. The predicted molar refractivity (Wildman–Crippen MR) is 109 cm³/mol. The van der Waals surface area contributed by atoms with Crippen LogP contribution in [0.2, 0.25) is 0 Å². The van der Waals surface area contributed by atoms with Crippen molar-refractivity contribution in [1.82, 2.24) is 5.32 Å². The highest BCUT2D eigenvalue weighted by molar-refractivity contribution is 7.99. The standard InChI is InChI=1S/C22H27NO2S/c1-15-10-11-18-19(13-22(3,4)25-20(18)12-15)23-21(24)16(2)26-14-17-8-6-5-7-9-17/h5-12,16,19H,13-14H2,1-4H3,(H,23,24)/t16-,19+/m1/s1. The SMILES string of the molecule is Cc1ccc2c(c1)OC(C)(C)C[C@@H]2NC(=O)[C@@H](C)SCc1ccccc1. The largest absolute Gasteiger partial charge is 0.487 e. The molecular weight excluding hydrogens is 342 g/mol. The van der Waals surface area contributed by atoms with Gasteiger partial charge in [-0.15, -0.1) is 11.8 Å². The molecule has 0 unspecified atom stereocenters. The molecule has 1 heterocycles. The molecule has 4 heteroatoms. The van der Waals surface area contributed by atoms with Crippen LogP contribution in [0.3, 0.4) is 0 Å². The summed E-state index contributed by atoms with van der Waals surface area (Å²) in [7, 11) is 0. The Morgan fingerprint density at radius 3 is 2.73 bits per heavy atom. The Morgan fingerprint density at radius 2 is 2.00 bits per heavy atom. The number of fused-ring (bicyclic) bond motifs is 1. The second-order valence-electron chi connectivity index (χ2n) is 7.61. The average molecular weight is 370 g/mol. The van der Waals surface area contributed by atoms with Gasteiger partial charge in [0.25, 0.3) is 0 Å². The second kappa shape index (κ2) is 7.75. The molecule has 0 bridgehead atoms. The summed E-state index contributed by atoms with van der Waals surface area (Å²) in [5, 5.41) is 3.14. The van der Waals surface area contributed by atoms with Gasteiger partial charge in [-0.05, 0) is 44.9 Å². The normalized spacial score (nSPS) is 19.2. The van der Waals surface area contributed by atoms with Gasteiger partial charge in [0, 0.05) is 17.7 Å². The van der Waals surface area contributed by atoms with E-state index in [2.05, 4.69) is 56.4 Å². The van der Waals surface area contributed by atoms with Crippen molar-refractivity contribution in [2.75, 3.05) is 0 Å². The van der Waals surface area contributed by atoms with Crippen molar-refractivity contribution < 1.29 is 9.53 Å². The van der Waals surface area contributed by atoms with Crippen LogP contribution in [0.1, 0.15) is 49.9 Å². The van der Waals surface area contributed by atoms with Crippen LogP contribution in [0.5, 0.6) is 5.75 Å². The smallest absolute Gasteiger partial charge is 0.233 e. The number of rotatable bonds is 5. The average Bonchev–Trinajstić information content (AvgIpc) is 2.59. The molecule has 0 spiro atoms. The molecule has 3 rings (SSSR count). The van der Waals surface area contributed by atoms with Crippen molar-refractivity contribution in [1.29, 1.82) is 0 Å². The van der Waals surface area contributed by atoms with Crippen LogP contribution in [0.25, 0.3) is 0 Å². The van der Waals surface area contributed by atoms with Gasteiger partial charge in [-0.3, -0.25) is 4.79 Å². The van der Waals surface area contributed by atoms with Gasteiger partial charge in [0.1, 0.15) is 11.4 Å². The van der Waals surface area contributed by atoms with Crippen molar-refractivity contribution in [3.63, 3.8) is 0 Å². The molecule has 3 nitrogen and oxygen atoms in total. The predicted octanol–water partition coefficient (Wildman–Crippen LogP) is 5.04. The van der Waals surface area contributed by atoms with Gasteiger partial charge in [-0.2, -0.15) is 0 Å². The van der Waals surface area contributed by atoms with Crippen LogP contribution in [0.15, 0.2) is 48.5 Å². The third kappa shape index (κ3) is 4.61. The number of hydrogen-bond acceptors (Lipinski definition) is 3. The first-order valence-corrected chi connectivity index (χ1v) is 10.1. The molecule has 2 atom stereocenters. The maximum absolute atomic E-state index is 12.7. The van der Waals surface area contributed by atoms with Crippen molar-refractivity contribution in [2.45, 2.75) is 56.8 Å². The molecule has 2 aromatic rings. The molecule has 1 aliphatic heterocycles. The highest BCUT2D eigenvalue weighted by Crippen LogP contribution is 2.40. The highest BCUT2D eigenvalue weighted by atomic mass is 32.2. The summed E-state index contributed by atoms with van der Waals surface area (Å²) in [4.78, 5) is 12.7. The zero-order chi connectivity index (χ0) is 18.7. The first kappa shape index (κ1) is 18.8. The van der Waals surface area contributed by atoms with E-state index < -0.39 is 0 Å². The van der Waals surface area contributed by atoms with Gasteiger partial charge in [-0.1, -0.05) is 42.5 Å². The van der Waals surface area contributed by atoms with E-state index in [9.17, 15) is 4.79 Å². The fourth-order valence-electron chi connectivity index (χ4n) is 3.25. The highest BCUT2D eigenvalue weighted by Gasteiger charge is 2.35. The third-order valence-electron chi connectivity index (χ3n) is 4.65. The van der Waals surface area contributed by atoms with Crippen LogP contribution in [0, 0.1) is 6.92 Å². The third-order valence-corrected chi connectivity index (χ3v) is 5.87. The lowest BCUT2D eigenvalue weighted by Gasteiger charge is -2.38. The van der Waals surface area contributed by atoms with Gasteiger partial charge in [0.05, 0.1) is 11.3 Å². The number of hydrogen-bond donors (Lipinski definition) is 1. The lowest BCUT2D eigenvalue weighted by molar-refractivity contribution is -0.121. The van der Waals surface area contributed by atoms with E-state index in [0.717, 1.165) is 23.5 Å². The summed E-state index contributed by atoms with van der Waals surface area (Å²) >= 11 is 1.67. The van der Waals surface area contributed by atoms with Crippen molar-refractivity contribution in [2.24, 2.45) is 0 Å². The number of carbonyl (C=O) groups excluding carboxylic acids is 1. The lowest BCUT2D eigenvalue weighted by Crippen LogP contribution is -2.43. The summed E-state index contributed by atoms with van der Waals surface area (Å²) in [6.45, 7) is 8.18. The fraction of sp³-hybridized carbons (Fsp3) is 0.409. The van der Waals surface area contributed by atoms with Crippen LogP contribution >= 0.6 is 11.8 Å². The van der Waals surface area contributed by atoms with Gasteiger partial charge >= 0.3 is 0 Å². The molecular formula is C22H27NO2S. The molecule has 1 amide bonds. The Labute approximate surface area is 160 Å². The Hall–Kier alpha value is -1.94.